The van der Waals surface area contributed by atoms with Gasteiger partial charge in [0.25, 0.3) is 0 Å². The van der Waals surface area contributed by atoms with Crippen molar-refractivity contribution in [1.82, 2.24) is 20.6 Å². The number of rotatable bonds is 6. The number of fused-ring (bicyclic) bond motifs is 1. The second kappa shape index (κ2) is 7.57. The third-order valence-corrected chi connectivity index (χ3v) is 6.81. The van der Waals surface area contributed by atoms with E-state index in [1.165, 1.54) is 0 Å². The largest absolute Gasteiger partial charge is 0.356 e. The van der Waals surface area contributed by atoms with Crippen LogP contribution in [-0.4, -0.2) is 34.9 Å². The second-order valence-corrected chi connectivity index (χ2v) is 8.70. The quantitative estimate of drug-likeness (QED) is 0.715. The maximum atomic E-state index is 13.1. The van der Waals surface area contributed by atoms with E-state index in [2.05, 4.69) is 20.6 Å². The number of aromatic amines is 1. The molecular weight excluding hydrogens is 352 g/mol. The molecule has 1 aromatic heterocycles. The maximum Gasteiger partial charge on any atom is 0.226 e. The van der Waals surface area contributed by atoms with E-state index in [1.54, 1.807) is 0 Å². The van der Waals surface area contributed by atoms with E-state index in [0.29, 0.717) is 19.5 Å². The van der Waals surface area contributed by atoms with E-state index in [9.17, 15) is 9.59 Å². The van der Waals surface area contributed by atoms with Crippen molar-refractivity contribution in [2.24, 2.45) is 16.7 Å². The molecule has 3 N–H and O–H groups in total. The molecular formula is C22H32N4O2. The molecule has 0 spiro atoms. The van der Waals surface area contributed by atoms with Crippen LogP contribution >= 0.6 is 0 Å². The Labute approximate surface area is 166 Å². The van der Waals surface area contributed by atoms with Crippen LogP contribution in [0.25, 0.3) is 11.0 Å². The number of aromatic nitrogens is 2. The molecule has 0 aliphatic heterocycles. The molecule has 2 aromatic rings. The first-order chi connectivity index (χ1) is 13.2. The van der Waals surface area contributed by atoms with Gasteiger partial charge in [0.1, 0.15) is 5.82 Å². The van der Waals surface area contributed by atoms with Gasteiger partial charge in [-0.25, -0.2) is 4.98 Å². The molecule has 0 saturated heterocycles. The van der Waals surface area contributed by atoms with Crippen molar-refractivity contribution in [3.05, 3.63) is 29.6 Å². The van der Waals surface area contributed by atoms with Crippen LogP contribution in [0.1, 0.15) is 51.9 Å². The Bertz CT molecular complexity index is 886. The van der Waals surface area contributed by atoms with Gasteiger partial charge in [-0.05, 0) is 43.7 Å². The van der Waals surface area contributed by atoms with E-state index in [0.717, 1.165) is 35.3 Å². The Kier molecular flexibility index (Phi) is 5.50. The van der Waals surface area contributed by atoms with Gasteiger partial charge in [-0.2, -0.15) is 0 Å². The summed E-state index contributed by atoms with van der Waals surface area (Å²) in [5.74, 6) is 0.820. The minimum absolute atomic E-state index is 0.0246. The van der Waals surface area contributed by atoms with Crippen LogP contribution in [0.2, 0.25) is 0 Å². The lowest BCUT2D eigenvalue weighted by Gasteiger charge is -2.39. The number of hydrogen-bond acceptors (Lipinski definition) is 3. The van der Waals surface area contributed by atoms with Gasteiger partial charge >= 0.3 is 0 Å². The Morgan fingerprint density at radius 1 is 1.25 bits per heavy atom. The normalized spacial score (nSPS) is 23.7. The van der Waals surface area contributed by atoms with Crippen molar-refractivity contribution in [3.63, 3.8) is 0 Å². The first-order valence-electron chi connectivity index (χ1n) is 10.2. The van der Waals surface area contributed by atoms with Crippen molar-refractivity contribution >= 4 is 22.8 Å². The number of carbonyl (C=O) groups is 2. The summed E-state index contributed by atoms with van der Waals surface area (Å²) in [6.45, 7) is 11.2. The van der Waals surface area contributed by atoms with Crippen LogP contribution in [-0.2, 0) is 16.0 Å². The van der Waals surface area contributed by atoms with Gasteiger partial charge < -0.3 is 15.6 Å². The minimum atomic E-state index is -0.562. The average Bonchev–Trinajstić information content (AvgIpc) is 3.15. The molecule has 0 unspecified atom stereocenters. The summed E-state index contributed by atoms with van der Waals surface area (Å²) in [5.41, 5.74) is 2.19. The smallest absolute Gasteiger partial charge is 0.226 e. The van der Waals surface area contributed by atoms with Gasteiger partial charge in [-0.15, -0.1) is 0 Å². The summed E-state index contributed by atoms with van der Waals surface area (Å²) < 4.78 is 0. The number of para-hydroxylation sites is 1. The van der Waals surface area contributed by atoms with E-state index in [4.69, 9.17) is 0 Å². The van der Waals surface area contributed by atoms with Gasteiger partial charge in [0.15, 0.2) is 0 Å². The zero-order valence-electron chi connectivity index (χ0n) is 17.6. The third-order valence-electron chi connectivity index (χ3n) is 6.81. The summed E-state index contributed by atoms with van der Waals surface area (Å²) in [7, 11) is 0. The topological polar surface area (TPSA) is 86.9 Å². The van der Waals surface area contributed by atoms with Crippen LogP contribution in [0.15, 0.2) is 18.2 Å². The Hall–Kier alpha value is -2.37. The van der Waals surface area contributed by atoms with Crippen molar-refractivity contribution in [1.29, 1.82) is 0 Å². The van der Waals surface area contributed by atoms with E-state index in [1.807, 2.05) is 52.8 Å². The van der Waals surface area contributed by atoms with Gasteiger partial charge in [0.05, 0.1) is 16.4 Å². The van der Waals surface area contributed by atoms with Crippen LogP contribution in [0, 0.1) is 23.7 Å². The summed E-state index contributed by atoms with van der Waals surface area (Å²) in [4.78, 5) is 33.5. The van der Waals surface area contributed by atoms with Crippen molar-refractivity contribution in [2.45, 2.75) is 53.9 Å². The molecule has 1 aliphatic rings. The molecule has 152 valence electrons. The lowest BCUT2D eigenvalue weighted by atomic mass is 9.65. The number of benzene rings is 1. The molecule has 2 atom stereocenters. The number of H-pyrrole nitrogens is 1. The molecule has 1 aromatic carbocycles. The molecule has 1 heterocycles. The summed E-state index contributed by atoms with van der Waals surface area (Å²) in [6.07, 6.45) is 2.11. The van der Waals surface area contributed by atoms with Crippen LogP contribution in [0.3, 0.4) is 0 Å². The lowest BCUT2D eigenvalue weighted by molar-refractivity contribution is -0.138. The lowest BCUT2D eigenvalue weighted by Crippen LogP contribution is -2.49. The highest BCUT2D eigenvalue weighted by Gasteiger charge is 2.57. The highest BCUT2D eigenvalue weighted by molar-refractivity contribution is 5.87. The monoisotopic (exact) mass is 384 g/mol. The number of aryl methyl sites for hydroxylation is 1. The van der Waals surface area contributed by atoms with Crippen molar-refractivity contribution < 1.29 is 9.59 Å². The molecule has 3 rings (SSSR count). The molecule has 1 saturated carbocycles. The van der Waals surface area contributed by atoms with Crippen LogP contribution < -0.4 is 10.6 Å². The predicted octanol–water partition coefficient (Wildman–Crippen LogP) is 3.11. The number of nitrogens with zero attached hydrogens (tertiary/aromatic N) is 1. The molecule has 1 fully saturated rings. The predicted molar refractivity (Wildman–Crippen MR) is 111 cm³/mol. The highest BCUT2D eigenvalue weighted by Crippen LogP contribution is 2.56. The second-order valence-electron chi connectivity index (χ2n) is 8.70. The van der Waals surface area contributed by atoms with E-state index >= 15 is 0 Å². The molecule has 28 heavy (non-hydrogen) atoms. The number of nitrogens with one attached hydrogen (secondary N) is 3. The highest BCUT2D eigenvalue weighted by atomic mass is 16.2. The number of imidazole rings is 1. The van der Waals surface area contributed by atoms with Gasteiger partial charge in [0.2, 0.25) is 11.8 Å². The molecule has 6 heteroatoms. The molecule has 6 nitrogen and oxygen atoms in total. The Balaban J connectivity index is 1.63. The molecule has 0 bridgehead atoms. The fourth-order valence-corrected chi connectivity index (χ4v) is 4.50. The average molecular weight is 385 g/mol. The Morgan fingerprint density at radius 2 is 2.00 bits per heavy atom. The summed E-state index contributed by atoms with van der Waals surface area (Å²) in [5, 5.41) is 6.01. The van der Waals surface area contributed by atoms with Crippen molar-refractivity contribution in [3.8, 4) is 0 Å². The maximum absolute atomic E-state index is 13.1. The summed E-state index contributed by atoms with van der Waals surface area (Å²) >= 11 is 0. The van der Waals surface area contributed by atoms with Gasteiger partial charge in [0, 0.05) is 25.4 Å². The summed E-state index contributed by atoms with van der Waals surface area (Å²) in [6, 6.07) is 6.07. The van der Waals surface area contributed by atoms with Gasteiger partial charge in [-0.1, -0.05) is 32.9 Å². The van der Waals surface area contributed by atoms with Gasteiger partial charge in [-0.3, -0.25) is 9.59 Å². The third kappa shape index (κ3) is 3.40. The zero-order valence-corrected chi connectivity index (χ0v) is 17.6. The standard InChI is InChI=1S/C22H32N4O2/c1-6-23-19(27)15-10-12-22(5,21(15,3)4)20(28)24-13-11-17-25-16-9-7-8-14(2)18(16)26-17/h7-9,15H,6,10-13H2,1-5H3,(H,23,27)(H,24,28)(H,25,26)/t15-,22+/m1/s1. The number of hydrogen-bond donors (Lipinski definition) is 3. The zero-order chi connectivity index (χ0) is 20.5. The molecule has 0 radical (unpaired) electrons. The molecule has 2 amide bonds. The fraction of sp³-hybridized carbons (Fsp3) is 0.591. The first kappa shape index (κ1) is 20.4. The fourth-order valence-electron chi connectivity index (χ4n) is 4.50. The van der Waals surface area contributed by atoms with E-state index in [-0.39, 0.29) is 17.7 Å². The van der Waals surface area contributed by atoms with E-state index < -0.39 is 10.8 Å². The Morgan fingerprint density at radius 3 is 2.68 bits per heavy atom. The minimum Gasteiger partial charge on any atom is -0.356 e. The van der Waals surface area contributed by atoms with Crippen LogP contribution in [0.5, 0.6) is 0 Å². The molecule has 1 aliphatic carbocycles. The first-order valence-corrected chi connectivity index (χ1v) is 10.2. The van der Waals surface area contributed by atoms with Crippen LogP contribution in [0.4, 0.5) is 0 Å². The number of amides is 2. The number of carbonyl (C=O) groups excluding carboxylic acids is 2. The SMILES string of the molecule is CCNC(=O)[C@H]1CC[C@@](C)(C(=O)NCCc2nc3c(C)cccc3[nH]2)C1(C)C. The van der Waals surface area contributed by atoms with Crippen molar-refractivity contribution in [2.75, 3.05) is 13.1 Å².